The van der Waals surface area contributed by atoms with Crippen molar-refractivity contribution in [3.8, 4) is 0 Å². The molecule has 0 bridgehead atoms. The van der Waals surface area contributed by atoms with Crippen molar-refractivity contribution in [3.63, 3.8) is 0 Å². The van der Waals surface area contributed by atoms with Gasteiger partial charge >= 0.3 is 5.97 Å². The van der Waals surface area contributed by atoms with Crippen molar-refractivity contribution in [2.24, 2.45) is 11.8 Å². The Morgan fingerprint density at radius 1 is 1.12 bits per heavy atom. The molecule has 0 radical (unpaired) electrons. The molecule has 0 aromatic heterocycles. The van der Waals surface area contributed by atoms with Crippen LogP contribution in [0.2, 0.25) is 0 Å². The van der Waals surface area contributed by atoms with Crippen LogP contribution in [0.3, 0.4) is 0 Å². The van der Waals surface area contributed by atoms with Crippen LogP contribution in [0.1, 0.15) is 86.5 Å². The summed E-state index contributed by atoms with van der Waals surface area (Å²) in [6.45, 7) is 12.3. The standard InChI is InChI=1S/C25H45N3O4/c1-8-15-26-25(9-2,10-3)24(32)27-21(19-13-11-12-14-19)22(29)28(7)20(17(4)5)16-18(6)23(30)31/h16-17,19-21,26H,8-15H2,1-7H3,(H,27,32)(H,30,31)/b18-16+/t20-,21?/m1/s1. The van der Waals surface area contributed by atoms with Crippen molar-refractivity contribution >= 4 is 17.8 Å². The van der Waals surface area contributed by atoms with Gasteiger partial charge in [-0.15, -0.1) is 0 Å². The number of amides is 2. The number of carbonyl (C=O) groups excluding carboxylic acids is 2. The highest BCUT2D eigenvalue weighted by molar-refractivity contribution is 5.92. The van der Waals surface area contributed by atoms with Crippen molar-refractivity contribution in [2.75, 3.05) is 13.6 Å². The van der Waals surface area contributed by atoms with E-state index < -0.39 is 17.6 Å². The number of aliphatic carboxylic acids is 1. The van der Waals surface area contributed by atoms with Gasteiger partial charge in [-0.25, -0.2) is 4.79 Å². The Morgan fingerprint density at radius 2 is 1.69 bits per heavy atom. The first kappa shape index (κ1) is 28.1. The lowest BCUT2D eigenvalue weighted by molar-refractivity contribution is -0.140. The van der Waals surface area contributed by atoms with Crippen molar-refractivity contribution in [3.05, 3.63) is 11.6 Å². The van der Waals surface area contributed by atoms with Crippen LogP contribution in [0.5, 0.6) is 0 Å². The third-order valence-electron chi connectivity index (χ3n) is 7.02. The van der Waals surface area contributed by atoms with Gasteiger partial charge in [-0.3, -0.25) is 9.59 Å². The highest BCUT2D eigenvalue weighted by Crippen LogP contribution is 2.30. The molecule has 184 valence electrons. The van der Waals surface area contributed by atoms with E-state index in [1.54, 1.807) is 24.9 Å². The zero-order chi connectivity index (χ0) is 24.5. The topological polar surface area (TPSA) is 98.7 Å². The minimum atomic E-state index is -0.991. The van der Waals surface area contributed by atoms with Gasteiger partial charge in [-0.1, -0.05) is 53.5 Å². The minimum Gasteiger partial charge on any atom is -0.478 e. The molecular weight excluding hydrogens is 406 g/mol. The lowest BCUT2D eigenvalue weighted by Crippen LogP contribution is -2.62. The fourth-order valence-electron chi connectivity index (χ4n) is 4.66. The highest BCUT2D eigenvalue weighted by Gasteiger charge is 2.41. The van der Waals surface area contributed by atoms with Crippen molar-refractivity contribution in [1.82, 2.24) is 15.5 Å². The summed E-state index contributed by atoms with van der Waals surface area (Å²) in [6.07, 6.45) is 7.79. The van der Waals surface area contributed by atoms with Gasteiger partial charge < -0.3 is 20.6 Å². The Hall–Kier alpha value is -1.89. The summed E-state index contributed by atoms with van der Waals surface area (Å²) in [4.78, 5) is 40.1. The maximum atomic E-state index is 13.7. The smallest absolute Gasteiger partial charge is 0.331 e. The summed E-state index contributed by atoms with van der Waals surface area (Å²) < 4.78 is 0. The number of carboxylic acid groups (broad SMARTS) is 1. The molecule has 1 aliphatic rings. The zero-order valence-electron chi connectivity index (χ0n) is 21.2. The summed E-state index contributed by atoms with van der Waals surface area (Å²) in [5.41, 5.74) is -0.479. The SMILES string of the molecule is CCCNC(CC)(CC)C(=O)NC(C(=O)N(C)[C@H](/C=C(\C)C(=O)O)C(C)C)C1CCCC1. The normalized spacial score (nSPS) is 17.3. The summed E-state index contributed by atoms with van der Waals surface area (Å²) in [5.74, 6) is -1.11. The van der Waals surface area contributed by atoms with Gasteiger partial charge in [0.05, 0.1) is 11.6 Å². The average Bonchev–Trinajstić information content (AvgIpc) is 3.30. The molecule has 1 fully saturated rings. The molecule has 3 N–H and O–H groups in total. The van der Waals surface area contributed by atoms with Crippen LogP contribution in [0.15, 0.2) is 11.6 Å². The van der Waals surface area contributed by atoms with E-state index in [9.17, 15) is 19.5 Å². The molecule has 2 atom stereocenters. The Kier molecular flexibility index (Phi) is 11.4. The van der Waals surface area contributed by atoms with Crippen LogP contribution >= 0.6 is 0 Å². The molecule has 7 heteroatoms. The minimum absolute atomic E-state index is 0.0368. The number of rotatable bonds is 13. The molecule has 0 aliphatic heterocycles. The quantitative estimate of drug-likeness (QED) is 0.371. The van der Waals surface area contributed by atoms with Crippen LogP contribution in [0, 0.1) is 11.8 Å². The first-order chi connectivity index (χ1) is 15.0. The molecule has 0 aromatic carbocycles. The third-order valence-corrected chi connectivity index (χ3v) is 7.02. The Labute approximate surface area is 194 Å². The molecule has 0 aromatic rings. The van der Waals surface area contributed by atoms with E-state index in [2.05, 4.69) is 17.6 Å². The van der Waals surface area contributed by atoms with Crippen molar-refractivity contribution < 1.29 is 19.5 Å². The van der Waals surface area contributed by atoms with Crippen LogP contribution in [-0.4, -0.2) is 59.0 Å². The maximum absolute atomic E-state index is 13.7. The summed E-state index contributed by atoms with van der Waals surface area (Å²) >= 11 is 0. The second-order valence-electron chi connectivity index (χ2n) is 9.55. The molecule has 1 rings (SSSR count). The average molecular weight is 452 g/mol. The van der Waals surface area contributed by atoms with E-state index in [1.807, 2.05) is 27.7 Å². The van der Waals surface area contributed by atoms with E-state index in [0.29, 0.717) is 12.8 Å². The lowest BCUT2D eigenvalue weighted by Gasteiger charge is -2.37. The van der Waals surface area contributed by atoms with Gasteiger partial charge in [0.1, 0.15) is 6.04 Å². The van der Waals surface area contributed by atoms with E-state index in [1.165, 1.54) is 0 Å². The van der Waals surface area contributed by atoms with Crippen molar-refractivity contribution in [2.45, 2.75) is 104 Å². The third kappa shape index (κ3) is 7.06. The van der Waals surface area contributed by atoms with E-state index >= 15 is 0 Å². The van der Waals surface area contributed by atoms with E-state index in [-0.39, 0.29) is 35.3 Å². The molecule has 7 nitrogen and oxygen atoms in total. The first-order valence-corrected chi connectivity index (χ1v) is 12.3. The molecular formula is C25H45N3O4. The molecule has 1 saturated carbocycles. The van der Waals surface area contributed by atoms with Crippen LogP contribution < -0.4 is 10.6 Å². The molecule has 0 saturated heterocycles. The van der Waals surface area contributed by atoms with E-state index in [0.717, 1.165) is 38.6 Å². The fourth-order valence-corrected chi connectivity index (χ4v) is 4.66. The fraction of sp³-hybridized carbons (Fsp3) is 0.800. The van der Waals surface area contributed by atoms with Gasteiger partial charge in [0.25, 0.3) is 0 Å². The van der Waals surface area contributed by atoms with Gasteiger partial charge in [0.15, 0.2) is 0 Å². The Balaban J connectivity index is 3.22. The first-order valence-electron chi connectivity index (χ1n) is 12.3. The molecule has 0 heterocycles. The molecule has 1 aliphatic carbocycles. The second-order valence-corrected chi connectivity index (χ2v) is 9.55. The van der Waals surface area contributed by atoms with Crippen molar-refractivity contribution in [1.29, 1.82) is 0 Å². The van der Waals surface area contributed by atoms with Gasteiger partial charge in [0, 0.05) is 12.6 Å². The Morgan fingerprint density at radius 3 is 2.12 bits per heavy atom. The number of nitrogens with one attached hydrogen (secondary N) is 2. The number of likely N-dealkylation sites (N-methyl/N-ethyl adjacent to an activating group) is 1. The predicted octanol–water partition coefficient (Wildman–Crippen LogP) is 3.73. The largest absolute Gasteiger partial charge is 0.478 e. The lowest BCUT2D eigenvalue weighted by atomic mass is 9.89. The summed E-state index contributed by atoms with van der Waals surface area (Å²) in [6, 6.07) is -0.963. The van der Waals surface area contributed by atoms with Gasteiger partial charge in [-0.05, 0) is 57.4 Å². The molecule has 1 unspecified atom stereocenters. The van der Waals surface area contributed by atoms with Crippen LogP contribution in [0.25, 0.3) is 0 Å². The maximum Gasteiger partial charge on any atom is 0.331 e. The number of carbonyl (C=O) groups is 3. The summed E-state index contributed by atoms with van der Waals surface area (Å²) in [7, 11) is 1.72. The molecule has 0 spiro atoms. The highest BCUT2D eigenvalue weighted by atomic mass is 16.4. The van der Waals surface area contributed by atoms with E-state index in [4.69, 9.17) is 0 Å². The monoisotopic (exact) mass is 451 g/mol. The zero-order valence-corrected chi connectivity index (χ0v) is 21.2. The molecule has 2 amide bonds. The van der Waals surface area contributed by atoms with Gasteiger partial charge in [-0.2, -0.15) is 0 Å². The molecule has 32 heavy (non-hydrogen) atoms. The van der Waals surface area contributed by atoms with Crippen LogP contribution in [0.4, 0.5) is 0 Å². The number of hydrogen-bond acceptors (Lipinski definition) is 4. The van der Waals surface area contributed by atoms with Crippen LogP contribution in [-0.2, 0) is 14.4 Å². The second kappa shape index (κ2) is 13.0. The Bertz CT molecular complexity index is 664. The number of hydrogen-bond donors (Lipinski definition) is 3. The predicted molar refractivity (Wildman–Crippen MR) is 128 cm³/mol. The summed E-state index contributed by atoms with van der Waals surface area (Å²) in [5, 5.41) is 15.9. The number of carboxylic acids is 1. The van der Waals surface area contributed by atoms with Gasteiger partial charge in [0.2, 0.25) is 11.8 Å². The number of nitrogens with zero attached hydrogens (tertiary/aromatic N) is 1.